The number of rotatable bonds is 4. The van der Waals surface area contributed by atoms with Crippen LogP contribution in [0.4, 0.5) is 0 Å². The molecule has 2 heteroatoms. The quantitative estimate of drug-likeness (QED) is 0.904. The van der Waals surface area contributed by atoms with E-state index in [1.54, 1.807) is 0 Å². The van der Waals surface area contributed by atoms with Gasteiger partial charge in [0.15, 0.2) is 0 Å². The zero-order valence-corrected chi connectivity index (χ0v) is 14.0. The summed E-state index contributed by atoms with van der Waals surface area (Å²) in [6, 6.07) is 17.1. The predicted octanol–water partition coefficient (Wildman–Crippen LogP) is 4.34. The van der Waals surface area contributed by atoms with Gasteiger partial charge in [0.05, 0.1) is 0 Å². The van der Waals surface area contributed by atoms with Crippen LogP contribution < -0.4 is 5.32 Å². The van der Waals surface area contributed by atoms with Gasteiger partial charge in [-0.25, -0.2) is 0 Å². The van der Waals surface area contributed by atoms with Crippen molar-refractivity contribution in [3.05, 3.63) is 48.0 Å². The first-order chi connectivity index (χ1) is 11.4. The maximum atomic E-state index is 3.92. The fourth-order valence-electron chi connectivity index (χ4n) is 4.31. The Morgan fingerprint density at radius 2 is 1.70 bits per heavy atom. The van der Waals surface area contributed by atoms with Gasteiger partial charge in [-0.3, -0.25) is 4.90 Å². The van der Waals surface area contributed by atoms with Gasteiger partial charge in [0.1, 0.15) is 0 Å². The molecule has 2 fully saturated rings. The number of fused-ring (bicyclic) bond motifs is 1. The molecule has 1 aliphatic heterocycles. The van der Waals surface area contributed by atoms with Crippen LogP contribution in [0.25, 0.3) is 10.8 Å². The van der Waals surface area contributed by atoms with Crippen LogP contribution in [0.3, 0.4) is 0 Å². The molecule has 4 rings (SSSR count). The Labute approximate surface area is 139 Å². The lowest BCUT2D eigenvalue weighted by Gasteiger charge is -2.26. The first kappa shape index (κ1) is 15.2. The minimum absolute atomic E-state index is 0.707. The molecule has 122 valence electrons. The van der Waals surface area contributed by atoms with Crippen molar-refractivity contribution in [2.45, 2.75) is 57.2 Å². The fraction of sp³-hybridized carbons (Fsp3) is 0.524. The van der Waals surface area contributed by atoms with Gasteiger partial charge in [-0.15, -0.1) is 0 Å². The highest BCUT2D eigenvalue weighted by Gasteiger charge is 2.25. The number of likely N-dealkylation sites (tertiary alicyclic amines) is 1. The van der Waals surface area contributed by atoms with Crippen molar-refractivity contribution in [2.75, 3.05) is 13.1 Å². The Hall–Kier alpha value is -1.38. The van der Waals surface area contributed by atoms with Gasteiger partial charge < -0.3 is 5.32 Å². The Balaban J connectivity index is 1.34. The Morgan fingerprint density at radius 1 is 0.870 bits per heavy atom. The molecule has 0 unspecified atom stereocenters. The molecule has 0 amide bonds. The van der Waals surface area contributed by atoms with Crippen molar-refractivity contribution < 1.29 is 0 Å². The topological polar surface area (TPSA) is 15.3 Å². The van der Waals surface area contributed by atoms with E-state index in [2.05, 4.69) is 52.7 Å². The molecule has 23 heavy (non-hydrogen) atoms. The molecular weight excluding hydrogens is 280 g/mol. The summed E-state index contributed by atoms with van der Waals surface area (Å²) >= 11 is 0. The molecule has 0 bridgehead atoms. The van der Waals surface area contributed by atoms with Crippen molar-refractivity contribution in [3.8, 4) is 0 Å². The molecule has 1 aliphatic carbocycles. The zero-order chi connectivity index (χ0) is 15.5. The van der Waals surface area contributed by atoms with Crippen molar-refractivity contribution in [3.63, 3.8) is 0 Å². The fourth-order valence-corrected chi connectivity index (χ4v) is 4.31. The molecule has 1 N–H and O–H groups in total. The smallest absolute Gasteiger partial charge is 0.0234 e. The number of hydrogen-bond donors (Lipinski definition) is 1. The molecule has 0 radical (unpaired) electrons. The van der Waals surface area contributed by atoms with Crippen LogP contribution in [0.1, 0.15) is 44.1 Å². The van der Waals surface area contributed by atoms with Crippen LogP contribution in [0.2, 0.25) is 0 Å². The first-order valence-electron chi connectivity index (χ1n) is 9.33. The third-order valence-corrected chi connectivity index (χ3v) is 5.57. The summed E-state index contributed by atoms with van der Waals surface area (Å²) in [5.41, 5.74) is 1.45. The Bertz CT molecular complexity index is 645. The number of hydrogen-bond acceptors (Lipinski definition) is 2. The monoisotopic (exact) mass is 308 g/mol. The van der Waals surface area contributed by atoms with Gasteiger partial charge in [-0.2, -0.15) is 0 Å². The molecule has 2 aromatic rings. The van der Waals surface area contributed by atoms with Gasteiger partial charge in [0, 0.05) is 31.7 Å². The standard InChI is InChI=1S/C21H28N2/c1-2-8-20(9-3-1)22-21-12-13-23(16-21)15-17-10-11-18-6-4-5-7-19(18)14-17/h4-7,10-11,14,20-22H,1-3,8-9,12-13,15-16H2/t21-/m0/s1. The van der Waals surface area contributed by atoms with Gasteiger partial charge in [-0.1, -0.05) is 55.7 Å². The van der Waals surface area contributed by atoms with Gasteiger partial charge in [0.2, 0.25) is 0 Å². The van der Waals surface area contributed by atoms with Crippen molar-refractivity contribution >= 4 is 10.8 Å². The maximum Gasteiger partial charge on any atom is 0.0234 e. The van der Waals surface area contributed by atoms with E-state index >= 15 is 0 Å². The van der Waals surface area contributed by atoms with E-state index in [0.717, 1.165) is 12.6 Å². The lowest BCUT2D eigenvalue weighted by molar-refractivity contribution is 0.299. The molecule has 1 saturated heterocycles. The van der Waals surface area contributed by atoms with E-state index in [4.69, 9.17) is 0 Å². The SMILES string of the molecule is c1ccc2cc(CN3CC[C@H](NC4CCCCC4)C3)ccc2c1. The molecule has 2 nitrogen and oxygen atoms in total. The normalized spacial score (nSPS) is 23.6. The van der Waals surface area contributed by atoms with E-state index in [-0.39, 0.29) is 0 Å². The summed E-state index contributed by atoms with van der Waals surface area (Å²) < 4.78 is 0. The average molecular weight is 308 g/mol. The van der Waals surface area contributed by atoms with Crippen molar-refractivity contribution in [1.29, 1.82) is 0 Å². The number of benzene rings is 2. The molecule has 2 aliphatic rings. The molecule has 1 atom stereocenters. The van der Waals surface area contributed by atoms with Crippen LogP contribution in [-0.2, 0) is 6.54 Å². The summed E-state index contributed by atoms with van der Waals surface area (Å²) in [5, 5.41) is 6.63. The van der Waals surface area contributed by atoms with Gasteiger partial charge in [0.25, 0.3) is 0 Å². The summed E-state index contributed by atoms with van der Waals surface area (Å²) in [5.74, 6) is 0. The molecule has 0 aromatic heterocycles. The second kappa shape index (κ2) is 7.02. The van der Waals surface area contributed by atoms with Crippen LogP contribution in [0.5, 0.6) is 0 Å². The molecule has 1 heterocycles. The highest BCUT2D eigenvalue weighted by atomic mass is 15.2. The average Bonchev–Trinajstić information content (AvgIpc) is 3.02. The van der Waals surface area contributed by atoms with E-state index in [9.17, 15) is 0 Å². The maximum absolute atomic E-state index is 3.92. The Morgan fingerprint density at radius 3 is 2.57 bits per heavy atom. The highest BCUT2D eigenvalue weighted by Crippen LogP contribution is 2.22. The number of nitrogens with zero attached hydrogens (tertiary/aromatic N) is 1. The van der Waals surface area contributed by atoms with Crippen LogP contribution in [-0.4, -0.2) is 30.1 Å². The number of nitrogens with one attached hydrogen (secondary N) is 1. The van der Waals surface area contributed by atoms with Gasteiger partial charge >= 0.3 is 0 Å². The van der Waals surface area contributed by atoms with Crippen LogP contribution in [0, 0.1) is 0 Å². The third-order valence-electron chi connectivity index (χ3n) is 5.57. The molecular formula is C21H28N2. The van der Waals surface area contributed by atoms with Crippen LogP contribution in [0.15, 0.2) is 42.5 Å². The summed E-state index contributed by atoms with van der Waals surface area (Å²) in [7, 11) is 0. The summed E-state index contributed by atoms with van der Waals surface area (Å²) in [6.45, 7) is 3.54. The summed E-state index contributed by atoms with van der Waals surface area (Å²) in [6.07, 6.45) is 8.37. The molecule has 2 aromatic carbocycles. The second-order valence-electron chi connectivity index (χ2n) is 7.40. The zero-order valence-electron chi connectivity index (χ0n) is 14.0. The van der Waals surface area contributed by atoms with Crippen molar-refractivity contribution in [1.82, 2.24) is 10.2 Å². The summed E-state index contributed by atoms with van der Waals surface area (Å²) in [4.78, 5) is 2.62. The predicted molar refractivity (Wildman–Crippen MR) is 97.6 cm³/mol. The lowest BCUT2D eigenvalue weighted by atomic mass is 9.95. The van der Waals surface area contributed by atoms with E-state index in [1.165, 1.54) is 68.0 Å². The first-order valence-corrected chi connectivity index (χ1v) is 9.33. The van der Waals surface area contributed by atoms with Gasteiger partial charge in [-0.05, 0) is 41.7 Å². The van der Waals surface area contributed by atoms with E-state index < -0.39 is 0 Å². The van der Waals surface area contributed by atoms with E-state index in [1.807, 2.05) is 0 Å². The van der Waals surface area contributed by atoms with Crippen LogP contribution >= 0.6 is 0 Å². The lowest BCUT2D eigenvalue weighted by Crippen LogP contribution is -2.40. The second-order valence-corrected chi connectivity index (χ2v) is 7.40. The van der Waals surface area contributed by atoms with E-state index in [0.29, 0.717) is 6.04 Å². The third kappa shape index (κ3) is 3.76. The minimum atomic E-state index is 0.707. The Kier molecular flexibility index (Phi) is 4.63. The molecule has 0 spiro atoms. The highest BCUT2D eigenvalue weighted by molar-refractivity contribution is 5.82. The minimum Gasteiger partial charge on any atom is -0.310 e. The van der Waals surface area contributed by atoms with Crippen molar-refractivity contribution in [2.24, 2.45) is 0 Å². The molecule has 1 saturated carbocycles. The largest absolute Gasteiger partial charge is 0.310 e.